The molecule has 0 aliphatic rings. The van der Waals surface area contributed by atoms with Crippen molar-refractivity contribution in [3.8, 4) is 0 Å². The number of benzene rings is 1. The Hall–Kier alpha value is -1.16. The van der Waals surface area contributed by atoms with Crippen LogP contribution in [0.5, 0.6) is 0 Å². The zero-order chi connectivity index (χ0) is 11.4. The van der Waals surface area contributed by atoms with Gasteiger partial charge in [0.05, 0.1) is 6.04 Å². The summed E-state index contributed by atoms with van der Waals surface area (Å²) in [5.41, 5.74) is 7.33. The van der Waals surface area contributed by atoms with Crippen molar-refractivity contribution >= 4 is 11.3 Å². The first-order valence-corrected chi connectivity index (χ1v) is 6.07. The molecule has 0 aliphatic carbocycles. The molecule has 2 nitrogen and oxygen atoms in total. The van der Waals surface area contributed by atoms with Gasteiger partial charge in [0.2, 0.25) is 0 Å². The van der Waals surface area contributed by atoms with E-state index in [0.29, 0.717) is 0 Å². The molecule has 2 unspecified atom stereocenters. The van der Waals surface area contributed by atoms with Crippen LogP contribution in [-0.4, -0.2) is 7.11 Å². The number of nitrogens with two attached hydrogens (primary N) is 1. The second-order valence-corrected chi connectivity index (χ2v) is 4.59. The molecule has 2 N–H and O–H groups in total. The molecular weight excluding hydrogens is 218 g/mol. The lowest BCUT2D eigenvalue weighted by molar-refractivity contribution is 0.0811. The second-order valence-electron chi connectivity index (χ2n) is 3.61. The minimum atomic E-state index is -0.104. The van der Waals surface area contributed by atoms with Gasteiger partial charge in [-0.15, -0.1) is 11.3 Å². The zero-order valence-corrected chi connectivity index (χ0v) is 9.98. The molecule has 1 heterocycles. The van der Waals surface area contributed by atoms with E-state index in [9.17, 15) is 0 Å². The Morgan fingerprint density at radius 3 is 2.44 bits per heavy atom. The van der Waals surface area contributed by atoms with Crippen molar-refractivity contribution in [1.29, 1.82) is 0 Å². The molecule has 0 amide bonds. The van der Waals surface area contributed by atoms with Crippen LogP contribution in [0, 0.1) is 0 Å². The number of rotatable bonds is 4. The molecule has 2 atom stereocenters. The lowest BCUT2D eigenvalue weighted by atomic mass is 10.0. The van der Waals surface area contributed by atoms with E-state index in [2.05, 4.69) is 0 Å². The van der Waals surface area contributed by atoms with Gasteiger partial charge in [-0.05, 0) is 17.0 Å². The highest BCUT2D eigenvalue weighted by atomic mass is 32.1. The van der Waals surface area contributed by atoms with E-state index < -0.39 is 0 Å². The summed E-state index contributed by atoms with van der Waals surface area (Å²) in [7, 11) is 1.70. The number of ether oxygens (including phenoxy) is 1. The number of methoxy groups -OCH3 is 1. The van der Waals surface area contributed by atoms with Gasteiger partial charge in [0, 0.05) is 12.0 Å². The predicted octanol–water partition coefficient (Wildman–Crippen LogP) is 3.14. The van der Waals surface area contributed by atoms with Gasteiger partial charge >= 0.3 is 0 Å². The molecule has 84 valence electrons. The summed E-state index contributed by atoms with van der Waals surface area (Å²) >= 11 is 1.66. The summed E-state index contributed by atoms with van der Waals surface area (Å²) in [6.07, 6.45) is -0.0835. The molecule has 16 heavy (non-hydrogen) atoms. The van der Waals surface area contributed by atoms with Crippen LogP contribution >= 0.6 is 11.3 Å². The van der Waals surface area contributed by atoms with E-state index in [0.717, 1.165) is 10.4 Å². The molecule has 1 aromatic heterocycles. The van der Waals surface area contributed by atoms with E-state index in [1.165, 1.54) is 0 Å². The van der Waals surface area contributed by atoms with Crippen LogP contribution in [-0.2, 0) is 4.74 Å². The highest BCUT2D eigenvalue weighted by Gasteiger charge is 2.21. The molecule has 0 bridgehead atoms. The van der Waals surface area contributed by atoms with Crippen LogP contribution in [0.4, 0.5) is 0 Å². The average molecular weight is 233 g/mol. The molecular formula is C13H15NOS. The number of hydrogen-bond acceptors (Lipinski definition) is 3. The Morgan fingerprint density at radius 1 is 1.12 bits per heavy atom. The van der Waals surface area contributed by atoms with E-state index in [-0.39, 0.29) is 12.1 Å². The van der Waals surface area contributed by atoms with Gasteiger partial charge in [-0.3, -0.25) is 0 Å². The fourth-order valence-electron chi connectivity index (χ4n) is 1.76. The third-order valence-electron chi connectivity index (χ3n) is 2.58. The van der Waals surface area contributed by atoms with Crippen molar-refractivity contribution in [2.75, 3.05) is 7.11 Å². The van der Waals surface area contributed by atoms with Gasteiger partial charge < -0.3 is 10.5 Å². The fraction of sp³-hybridized carbons (Fsp3) is 0.231. The van der Waals surface area contributed by atoms with Gasteiger partial charge in [0.25, 0.3) is 0 Å². The van der Waals surface area contributed by atoms with Crippen LogP contribution in [0.25, 0.3) is 0 Å². The summed E-state index contributed by atoms with van der Waals surface area (Å²) < 4.78 is 5.50. The van der Waals surface area contributed by atoms with Crippen LogP contribution in [0.15, 0.2) is 47.8 Å². The predicted molar refractivity (Wildman–Crippen MR) is 67.4 cm³/mol. The summed E-state index contributed by atoms with van der Waals surface area (Å²) in [5, 5.41) is 2.03. The third-order valence-corrected chi connectivity index (χ3v) is 3.55. The van der Waals surface area contributed by atoms with Crippen LogP contribution < -0.4 is 5.73 Å². The quantitative estimate of drug-likeness (QED) is 0.880. The SMILES string of the molecule is COC(c1ccccc1)C(N)c1cccs1. The molecule has 0 saturated heterocycles. The first-order chi connectivity index (χ1) is 7.83. The van der Waals surface area contributed by atoms with Crippen molar-refractivity contribution in [3.05, 3.63) is 58.3 Å². The standard InChI is InChI=1S/C13H15NOS/c1-15-13(10-6-3-2-4-7-10)12(14)11-8-5-9-16-11/h2-9,12-13H,14H2,1H3. The van der Waals surface area contributed by atoms with Crippen LogP contribution in [0.3, 0.4) is 0 Å². The molecule has 0 aliphatic heterocycles. The van der Waals surface area contributed by atoms with E-state index in [1.807, 2.05) is 47.8 Å². The minimum absolute atomic E-state index is 0.0835. The summed E-state index contributed by atoms with van der Waals surface area (Å²) in [4.78, 5) is 1.15. The van der Waals surface area contributed by atoms with Gasteiger partial charge in [-0.2, -0.15) is 0 Å². The minimum Gasteiger partial charge on any atom is -0.375 e. The Labute approximate surface area is 99.7 Å². The molecule has 3 heteroatoms. The highest BCUT2D eigenvalue weighted by molar-refractivity contribution is 7.10. The average Bonchev–Trinajstić information content (AvgIpc) is 2.85. The van der Waals surface area contributed by atoms with Crippen molar-refractivity contribution in [2.24, 2.45) is 5.73 Å². The van der Waals surface area contributed by atoms with E-state index >= 15 is 0 Å². The molecule has 0 saturated carbocycles. The molecule has 1 aromatic carbocycles. The largest absolute Gasteiger partial charge is 0.375 e. The Balaban J connectivity index is 2.23. The molecule has 2 aromatic rings. The van der Waals surface area contributed by atoms with Crippen molar-refractivity contribution in [2.45, 2.75) is 12.1 Å². The monoisotopic (exact) mass is 233 g/mol. The normalized spacial score (nSPS) is 14.6. The lowest BCUT2D eigenvalue weighted by Gasteiger charge is -2.22. The molecule has 2 rings (SSSR count). The van der Waals surface area contributed by atoms with E-state index in [4.69, 9.17) is 10.5 Å². The van der Waals surface area contributed by atoms with E-state index in [1.54, 1.807) is 18.4 Å². The first-order valence-electron chi connectivity index (χ1n) is 5.19. The Bertz CT molecular complexity index is 413. The molecule has 0 fully saturated rings. The molecule has 0 spiro atoms. The van der Waals surface area contributed by atoms with Crippen LogP contribution in [0.2, 0.25) is 0 Å². The Kier molecular flexibility index (Phi) is 3.72. The number of thiophene rings is 1. The maximum absolute atomic E-state index is 6.21. The van der Waals surface area contributed by atoms with Gasteiger partial charge in [0.1, 0.15) is 6.10 Å². The van der Waals surface area contributed by atoms with Gasteiger partial charge in [-0.1, -0.05) is 36.4 Å². The highest BCUT2D eigenvalue weighted by Crippen LogP contribution is 2.31. The van der Waals surface area contributed by atoms with Crippen molar-refractivity contribution < 1.29 is 4.74 Å². The van der Waals surface area contributed by atoms with Gasteiger partial charge in [-0.25, -0.2) is 0 Å². The smallest absolute Gasteiger partial charge is 0.102 e. The summed E-state index contributed by atoms with van der Waals surface area (Å²) in [6, 6.07) is 14.0. The Morgan fingerprint density at radius 2 is 1.88 bits per heavy atom. The first kappa shape index (κ1) is 11.3. The molecule has 0 radical (unpaired) electrons. The maximum Gasteiger partial charge on any atom is 0.102 e. The summed E-state index contributed by atoms with van der Waals surface area (Å²) in [6.45, 7) is 0. The van der Waals surface area contributed by atoms with Gasteiger partial charge in [0.15, 0.2) is 0 Å². The third kappa shape index (κ3) is 2.32. The lowest BCUT2D eigenvalue weighted by Crippen LogP contribution is -2.20. The number of hydrogen-bond donors (Lipinski definition) is 1. The summed E-state index contributed by atoms with van der Waals surface area (Å²) in [5.74, 6) is 0. The maximum atomic E-state index is 6.21. The second kappa shape index (κ2) is 5.25. The van der Waals surface area contributed by atoms with Crippen LogP contribution in [0.1, 0.15) is 22.6 Å². The topological polar surface area (TPSA) is 35.2 Å². The fourth-order valence-corrected chi connectivity index (χ4v) is 2.52. The van der Waals surface area contributed by atoms with Crippen molar-refractivity contribution in [3.63, 3.8) is 0 Å². The zero-order valence-electron chi connectivity index (χ0n) is 9.17. The van der Waals surface area contributed by atoms with Crippen molar-refractivity contribution in [1.82, 2.24) is 0 Å².